The predicted octanol–water partition coefficient (Wildman–Crippen LogP) is 1.68. The lowest BCUT2D eigenvalue weighted by molar-refractivity contribution is -0.128. The summed E-state index contributed by atoms with van der Waals surface area (Å²) >= 11 is 1.74. The quantitative estimate of drug-likeness (QED) is 0.830. The maximum atomic E-state index is 11.7. The van der Waals surface area contributed by atoms with E-state index in [2.05, 4.69) is 19.1 Å². The van der Waals surface area contributed by atoms with Gasteiger partial charge < -0.3 is 10.6 Å². The van der Waals surface area contributed by atoms with Crippen LogP contribution in [-0.2, 0) is 4.79 Å². The van der Waals surface area contributed by atoms with Crippen LogP contribution < -0.4 is 5.73 Å². The van der Waals surface area contributed by atoms with Gasteiger partial charge in [0.2, 0.25) is 5.91 Å². The van der Waals surface area contributed by atoms with E-state index >= 15 is 0 Å². The molecule has 0 aliphatic carbocycles. The van der Waals surface area contributed by atoms with E-state index < -0.39 is 0 Å². The first-order valence-corrected chi connectivity index (χ1v) is 6.06. The summed E-state index contributed by atoms with van der Waals surface area (Å²) in [6, 6.07) is 4.23. The van der Waals surface area contributed by atoms with Crippen LogP contribution in [0.25, 0.3) is 0 Å². The van der Waals surface area contributed by atoms with Crippen molar-refractivity contribution < 1.29 is 4.79 Å². The maximum Gasteiger partial charge on any atom is 0.224 e. The van der Waals surface area contributed by atoms with Gasteiger partial charge >= 0.3 is 0 Å². The molecule has 0 spiro atoms. The minimum atomic E-state index is -0.0458. The maximum absolute atomic E-state index is 11.7. The molecule has 1 fully saturated rings. The van der Waals surface area contributed by atoms with E-state index in [0.29, 0.717) is 6.42 Å². The zero-order chi connectivity index (χ0) is 11.0. The van der Waals surface area contributed by atoms with Crippen LogP contribution in [0, 0.1) is 6.92 Å². The van der Waals surface area contributed by atoms with E-state index in [1.165, 1.54) is 9.75 Å². The summed E-state index contributed by atoms with van der Waals surface area (Å²) in [5.74, 6) is 0.182. The highest BCUT2D eigenvalue weighted by atomic mass is 32.1. The standard InChI is InChI=1S/C11H16N2OS/c1-3-13-10(14)6-8(12)11(13)9-5-4-7(2)15-9/h4-5,8,11H,3,6,12H2,1-2H3/t8-,11-/m0/s1. The second-order valence-corrected chi connectivity index (χ2v) is 5.26. The third-order valence-electron chi connectivity index (χ3n) is 2.87. The van der Waals surface area contributed by atoms with Gasteiger partial charge in [0.15, 0.2) is 0 Å². The van der Waals surface area contributed by atoms with Crippen molar-refractivity contribution >= 4 is 17.2 Å². The van der Waals surface area contributed by atoms with Crippen LogP contribution in [0.1, 0.15) is 29.1 Å². The molecular formula is C11H16N2OS. The lowest BCUT2D eigenvalue weighted by Crippen LogP contribution is -2.32. The fourth-order valence-electron chi connectivity index (χ4n) is 2.17. The number of hydrogen-bond acceptors (Lipinski definition) is 3. The molecule has 3 nitrogen and oxygen atoms in total. The average Bonchev–Trinajstić information content (AvgIpc) is 2.70. The number of aryl methyl sites for hydroxylation is 1. The SMILES string of the molecule is CCN1C(=O)C[C@H](N)[C@H]1c1ccc(C)s1. The van der Waals surface area contributed by atoms with Gasteiger partial charge in [0.05, 0.1) is 6.04 Å². The van der Waals surface area contributed by atoms with Crippen molar-refractivity contribution in [1.29, 1.82) is 0 Å². The molecule has 0 saturated carbocycles. The number of amides is 1. The van der Waals surface area contributed by atoms with Crippen LogP contribution in [0.5, 0.6) is 0 Å². The Hall–Kier alpha value is -0.870. The molecule has 0 radical (unpaired) electrons. The molecule has 1 aliphatic rings. The molecule has 0 aromatic carbocycles. The molecule has 15 heavy (non-hydrogen) atoms. The molecular weight excluding hydrogens is 208 g/mol. The number of hydrogen-bond donors (Lipinski definition) is 1. The molecule has 4 heteroatoms. The van der Waals surface area contributed by atoms with Crippen molar-refractivity contribution in [3.8, 4) is 0 Å². The van der Waals surface area contributed by atoms with Crippen molar-refractivity contribution in [3.05, 3.63) is 21.9 Å². The number of rotatable bonds is 2. The minimum absolute atomic E-state index is 0.0458. The number of thiophene rings is 1. The van der Waals surface area contributed by atoms with Crippen LogP contribution >= 0.6 is 11.3 Å². The molecule has 1 saturated heterocycles. The Morgan fingerprint density at radius 3 is 2.87 bits per heavy atom. The van der Waals surface area contributed by atoms with Gasteiger partial charge in [0.25, 0.3) is 0 Å². The van der Waals surface area contributed by atoms with Gasteiger partial charge in [-0.05, 0) is 26.0 Å². The van der Waals surface area contributed by atoms with E-state index in [4.69, 9.17) is 5.73 Å². The first kappa shape index (κ1) is 10.6. The highest BCUT2D eigenvalue weighted by Gasteiger charge is 2.38. The van der Waals surface area contributed by atoms with E-state index in [9.17, 15) is 4.79 Å². The Kier molecular flexibility index (Phi) is 2.80. The lowest BCUT2D eigenvalue weighted by atomic mass is 10.1. The second kappa shape index (κ2) is 3.94. The van der Waals surface area contributed by atoms with Crippen LogP contribution in [-0.4, -0.2) is 23.4 Å². The van der Waals surface area contributed by atoms with Crippen molar-refractivity contribution in [2.45, 2.75) is 32.4 Å². The van der Waals surface area contributed by atoms with E-state index in [-0.39, 0.29) is 18.0 Å². The van der Waals surface area contributed by atoms with Gasteiger partial charge in [-0.3, -0.25) is 4.79 Å². The van der Waals surface area contributed by atoms with Crippen molar-refractivity contribution in [2.75, 3.05) is 6.54 Å². The topological polar surface area (TPSA) is 46.3 Å². The Morgan fingerprint density at radius 1 is 1.60 bits per heavy atom. The van der Waals surface area contributed by atoms with Gasteiger partial charge in [-0.2, -0.15) is 0 Å². The van der Waals surface area contributed by atoms with Crippen molar-refractivity contribution in [2.24, 2.45) is 5.73 Å². The summed E-state index contributed by atoms with van der Waals surface area (Å²) in [5.41, 5.74) is 6.02. The fraction of sp³-hybridized carbons (Fsp3) is 0.545. The number of nitrogens with two attached hydrogens (primary N) is 1. The van der Waals surface area contributed by atoms with E-state index in [0.717, 1.165) is 6.54 Å². The summed E-state index contributed by atoms with van der Waals surface area (Å²) in [4.78, 5) is 16.0. The fourth-order valence-corrected chi connectivity index (χ4v) is 3.23. The summed E-state index contributed by atoms with van der Waals surface area (Å²) in [6.07, 6.45) is 0.482. The molecule has 0 unspecified atom stereocenters. The van der Waals surface area contributed by atoms with E-state index in [1.807, 2.05) is 11.8 Å². The average molecular weight is 224 g/mol. The smallest absolute Gasteiger partial charge is 0.224 e. The molecule has 1 aromatic rings. The van der Waals surface area contributed by atoms with Crippen molar-refractivity contribution in [3.63, 3.8) is 0 Å². The Labute approximate surface area is 93.9 Å². The predicted molar refractivity (Wildman–Crippen MR) is 61.8 cm³/mol. The highest BCUT2D eigenvalue weighted by Crippen LogP contribution is 2.35. The number of nitrogens with zero attached hydrogens (tertiary/aromatic N) is 1. The summed E-state index contributed by atoms with van der Waals surface area (Å²) < 4.78 is 0. The van der Waals surface area contributed by atoms with Gasteiger partial charge in [-0.15, -0.1) is 11.3 Å². The summed E-state index contributed by atoms with van der Waals surface area (Å²) in [5, 5.41) is 0. The normalized spacial score (nSPS) is 26.3. The largest absolute Gasteiger partial charge is 0.333 e. The third-order valence-corrected chi connectivity index (χ3v) is 3.94. The van der Waals surface area contributed by atoms with Crippen LogP contribution in [0.4, 0.5) is 0 Å². The zero-order valence-electron chi connectivity index (χ0n) is 9.06. The number of likely N-dealkylation sites (tertiary alicyclic amines) is 1. The zero-order valence-corrected chi connectivity index (χ0v) is 9.88. The number of carbonyl (C=O) groups excluding carboxylic acids is 1. The molecule has 1 amide bonds. The molecule has 1 aromatic heterocycles. The van der Waals surface area contributed by atoms with Crippen LogP contribution in [0.15, 0.2) is 12.1 Å². The third kappa shape index (κ3) is 1.79. The van der Waals surface area contributed by atoms with E-state index in [1.54, 1.807) is 11.3 Å². The molecule has 2 heterocycles. The minimum Gasteiger partial charge on any atom is -0.333 e. The first-order chi connectivity index (χ1) is 7.13. The summed E-state index contributed by atoms with van der Waals surface area (Å²) in [7, 11) is 0. The molecule has 2 N–H and O–H groups in total. The highest BCUT2D eigenvalue weighted by molar-refractivity contribution is 7.12. The Balaban J connectivity index is 2.30. The molecule has 2 rings (SSSR count). The molecule has 82 valence electrons. The van der Waals surface area contributed by atoms with Crippen molar-refractivity contribution in [1.82, 2.24) is 4.90 Å². The van der Waals surface area contributed by atoms with Gasteiger partial charge in [0, 0.05) is 28.8 Å². The Morgan fingerprint density at radius 2 is 2.33 bits per heavy atom. The summed E-state index contributed by atoms with van der Waals surface area (Å²) in [6.45, 7) is 4.82. The lowest BCUT2D eigenvalue weighted by Gasteiger charge is -2.24. The van der Waals surface area contributed by atoms with Gasteiger partial charge in [-0.1, -0.05) is 0 Å². The molecule has 1 aliphatic heterocycles. The molecule has 2 atom stereocenters. The number of carbonyl (C=O) groups is 1. The van der Waals surface area contributed by atoms with Gasteiger partial charge in [-0.25, -0.2) is 0 Å². The van der Waals surface area contributed by atoms with Gasteiger partial charge in [0.1, 0.15) is 0 Å². The number of likely N-dealkylation sites (N-methyl/N-ethyl adjacent to an activating group) is 1. The monoisotopic (exact) mass is 224 g/mol. The van der Waals surface area contributed by atoms with Crippen LogP contribution in [0.2, 0.25) is 0 Å². The Bertz CT molecular complexity index is 374. The molecule has 0 bridgehead atoms. The first-order valence-electron chi connectivity index (χ1n) is 5.25. The van der Waals surface area contributed by atoms with Crippen LogP contribution in [0.3, 0.4) is 0 Å². The second-order valence-electron chi connectivity index (χ2n) is 3.94.